The van der Waals surface area contributed by atoms with Crippen molar-refractivity contribution in [2.24, 2.45) is 0 Å². The molecule has 11 heteroatoms. The lowest BCUT2D eigenvalue weighted by Gasteiger charge is -2.20. The Hall–Kier alpha value is -1.88. The third kappa shape index (κ3) is 4.10. The quantitative estimate of drug-likeness (QED) is 0.855. The monoisotopic (exact) mass is 354 g/mol. The molecule has 128 valence electrons. The second-order valence-electron chi connectivity index (χ2n) is 4.85. The number of ether oxygens (including phenoxy) is 1. The Morgan fingerprint density at radius 1 is 1.43 bits per heavy atom. The lowest BCUT2D eigenvalue weighted by Crippen LogP contribution is -2.40. The fourth-order valence-corrected chi connectivity index (χ4v) is 3.77. The van der Waals surface area contributed by atoms with Crippen molar-refractivity contribution in [3.8, 4) is 5.88 Å². The van der Waals surface area contributed by atoms with Gasteiger partial charge >= 0.3 is 12.1 Å². The van der Waals surface area contributed by atoms with E-state index in [2.05, 4.69) is 9.72 Å². The van der Waals surface area contributed by atoms with Crippen LogP contribution in [0.5, 0.6) is 5.88 Å². The van der Waals surface area contributed by atoms with Crippen LogP contribution in [0.4, 0.5) is 13.2 Å². The highest BCUT2D eigenvalue weighted by atomic mass is 32.2. The van der Waals surface area contributed by atoms with Crippen LogP contribution in [0.1, 0.15) is 12.8 Å². The molecule has 23 heavy (non-hydrogen) atoms. The van der Waals surface area contributed by atoms with Gasteiger partial charge in [-0.25, -0.2) is 13.4 Å². The molecule has 1 fully saturated rings. The second kappa shape index (κ2) is 6.32. The number of hydrogen-bond donors (Lipinski definition) is 1. The van der Waals surface area contributed by atoms with E-state index in [0.29, 0.717) is 6.42 Å². The third-order valence-electron chi connectivity index (χ3n) is 3.19. The molecule has 1 aliphatic heterocycles. The molecule has 0 bridgehead atoms. The number of carbonyl (C=O) groups is 1. The molecule has 7 nitrogen and oxygen atoms in total. The average molecular weight is 354 g/mol. The molecule has 0 amide bonds. The average Bonchev–Trinajstić information content (AvgIpc) is 2.95. The van der Waals surface area contributed by atoms with E-state index in [1.807, 2.05) is 0 Å². The highest BCUT2D eigenvalue weighted by Gasteiger charge is 2.39. The van der Waals surface area contributed by atoms with Gasteiger partial charge in [0.15, 0.2) is 6.61 Å². The minimum atomic E-state index is -4.53. The molecule has 0 radical (unpaired) electrons. The molecule has 1 aromatic rings. The third-order valence-corrected chi connectivity index (χ3v) is 5.08. The molecule has 1 N–H and O–H groups in total. The van der Waals surface area contributed by atoms with Crippen molar-refractivity contribution in [3.05, 3.63) is 18.3 Å². The molecule has 1 atom stereocenters. The van der Waals surface area contributed by atoms with Crippen molar-refractivity contribution in [2.75, 3.05) is 13.2 Å². The van der Waals surface area contributed by atoms with E-state index < -0.39 is 34.8 Å². The van der Waals surface area contributed by atoms with Gasteiger partial charge in [-0.05, 0) is 18.9 Å². The normalized spacial score (nSPS) is 19.7. The minimum absolute atomic E-state index is 0.0611. The number of halogens is 3. The van der Waals surface area contributed by atoms with Crippen LogP contribution in [0, 0.1) is 0 Å². The molecule has 0 saturated carbocycles. The smallest absolute Gasteiger partial charge is 0.422 e. The summed E-state index contributed by atoms with van der Waals surface area (Å²) < 4.78 is 66.1. The van der Waals surface area contributed by atoms with E-state index in [0.717, 1.165) is 22.6 Å². The van der Waals surface area contributed by atoms with Crippen molar-refractivity contribution < 1.29 is 36.2 Å². The lowest BCUT2D eigenvalue weighted by molar-refractivity contribution is -0.154. The van der Waals surface area contributed by atoms with Gasteiger partial charge in [-0.15, -0.1) is 0 Å². The number of alkyl halides is 3. The first-order chi connectivity index (χ1) is 10.6. The first-order valence-corrected chi connectivity index (χ1v) is 7.95. The number of rotatable bonds is 5. The largest absolute Gasteiger partial charge is 0.480 e. The van der Waals surface area contributed by atoms with E-state index in [-0.39, 0.29) is 23.7 Å². The second-order valence-corrected chi connectivity index (χ2v) is 6.74. The first kappa shape index (κ1) is 17.5. The van der Waals surface area contributed by atoms with Crippen LogP contribution >= 0.6 is 0 Å². The number of aromatic nitrogens is 1. The maximum Gasteiger partial charge on any atom is 0.422 e. The minimum Gasteiger partial charge on any atom is -0.480 e. The highest BCUT2D eigenvalue weighted by molar-refractivity contribution is 7.89. The standard InChI is InChI=1S/C12H13F3N2O5S/c13-12(14,15)7-22-10-4-3-8(6-16-10)23(20,21)17-5-1-2-9(17)11(18)19/h3-4,6,9H,1-2,5,7H2,(H,18,19)/t9-/m1/s1. The van der Waals surface area contributed by atoms with Gasteiger partial charge in [-0.1, -0.05) is 0 Å². The van der Waals surface area contributed by atoms with Crippen LogP contribution in [0.3, 0.4) is 0 Å². The topological polar surface area (TPSA) is 96.8 Å². The summed E-state index contributed by atoms with van der Waals surface area (Å²) in [5, 5.41) is 9.04. The van der Waals surface area contributed by atoms with Gasteiger partial charge in [-0.3, -0.25) is 4.79 Å². The molecule has 0 aliphatic carbocycles. The summed E-state index contributed by atoms with van der Waals surface area (Å²) in [5.41, 5.74) is 0. The van der Waals surface area contributed by atoms with Gasteiger partial charge in [0, 0.05) is 12.6 Å². The number of hydrogen-bond acceptors (Lipinski definition) is 5. The van der Waals surface area contributed by atoms with Crippen molar-refractivity contribution in [1.29, 1.82) is 0 Å². The van der Waals surface area contributed by atoms with Crippen LogP contribution in [0.25, 0.3) is 0 Å². The van der Waals surface area contributed by atoms with Crippen molar-refractivity contribution in [2.45, 2.75) is 30.0 Å². The molecule has 0 unspecified atom stereocenters. The molecular formula is C12H13F3N2O5S. The predicted octanol–water partition coefficient (Wildman–Crippen LogP) is 1.26. The van der Waals surface area contributed by atoms with E-state index in [4.69, 9.17) is 5.11 Å². The SMILES string of the molecule is O=C(O)[C@H]1CCCN1S(=O)(=O)c1ccc(OCC(F)(F)F)nc1. The molecule has 2 heterocycles. The molecule has 2 rings (SSSR count). The zero-order valence-corrected chi connectivity index (χ0v) is 12.5. The molecule has 0 aromatic carbocycles. The lowest BCUT2D eigenvalue weighted by atomic mass is 10.2. The van der Waals surface area contributed by atoms with E-state index in [9.17, 15) is 26.4 Å². The first-order valence-electron chi connectivity index (χ1n) is 6.51. The Balaban J connectivity index is 2.16. The zero-order chi connectivity index (χ0) is 17.3. The summed E-state index contributed by atoms with van der Waals surface area (Å²) in [5.74, 6) is -1.62. The van der Waals surface area contributed by atoms with Crippen LogP contribution < -0.4 is 4.74 Å². The summed E-state index contributed by atoms with van der Waals surface area (Å²) in [6.45, 7) is -1.48. The number of sulfonamides is 1. The summed E-state index contributed by atoms with van der Waals surface area (Å²) in [7, 11) is -4.08. The van der Waals surface area contributed by atoms with Crippen LogP contribution in [-0.2, 0) is 14.8 Å². The summed E-state index contributed by atoms with van der Waals surface area (Å²) in [6.07, 6.45) is -3.07. The molecule has 0 spiro atoms. The molecule has 1 aromatic heterocycles. The highest BCUT2D eigenvalue weighted by Crippen LogP contribution is 2.26. The number of aliphatic carboxylic acids is 1. The van der Waals surface area contributed by atoms with Gasteiger partial charge in [0.25, 0.3) is 0 Å². The van der Waals surface area contributed by atoms with Crippen molar-refractivity contribution in [1.82, 2.24) is 9.29 Å². The summed E-state index contributed by atoms with van der Waals surface area (Å²) >= 11 is 0. The number of carboxylic acids is 1. The molecular weight excluding hydrogens is 341 g/mol. The van der Waals surface area contributed by atoms with Gasteiger partial charge in [-0.2, -0.15) is 17.5 Å². The van der Waals surface area contributed by atoms with E-state index >= 15 is 0 Å². The summed E-state index contributed by atoms with van der Waals surface area (Å²) in [6, 6.07) is 0.872. The fraction of sp³-hybridized carbons (Fsp3) is 0.500. The number of carboxylic acid groups (broad SMARTS) is 1. The van der Waals surface area contributed by atoms with E-state index in [1.165, 1.54) is 0 Å². The van der Waals surface area contributed by atoms with Crippen molar-refractivity contribution in [3.63, 3.8) is 0 Å². The van der Waals surface area contributed by atoms with Crippen LogP contribution in [0.15, 0.2) is 23.2 Å². The number of pyridine rings is 1. The maximum atomic E-state index is 12.4. The Morgan fingerprint density at radius 2 is 2.13 bits per heavy atom. The van der Waals surface area contributed by atoms with Gasteiger partial charge in [0.05, 0.1) is 6.20 Å². The van der Waals surface area contributed by atoms with Gasteiger partial charge in [0.1, 0.15) is 10.9 Å². The van der Waals surface area contributed by atoms with Gasteiger partial charge in [0.2, 0.25) is 15.9 Å². The maximum absolute atomic E-state index is 12.4. The Bertz CT molecular complexity index is 675. The molecule has 1 aliphatic rings. The predicted molar refractivity (Wildman–Crippen MR) is 70.3 cm³/mol. The van der Waals surface area contributed by atoms with Crippen molar-refractivity contribution >= 4 is 16.0 Å². The molecule has 1 saturated heterocycles. The van der Waals surface area contributed by atoms with E-state index in [1.54, 1.807) is 0 Å². The number of nitrogens with zero attached hydrogens (tertiary/aromatic N) is 2. The zero-order valence-electron chi connectivity index (χ0n) is 11.7. The Kier molecular flexibility index (Phi) is 4.80. The summed E-state index contributed by atoms with van der Waals surface area (Å²) in [4.78, 5) is 14.3. The Labute approximate surface area is 129 Å². The van der Waals surface area contributed by atoms with Crippen LogP contribution in [0.2, 0.25) is 0 Å². The Morgan fingerprint density at radius 3 is 2.65 bits per heavy atom. The van der Waals surface area contributed by atoms with Crippen LogP contribution in [-0.4, -0.2) is 54.2 Å². The fourth-order valence-electron chi connectivity index (χ4n) is 2.17. The van der Waals surface area contributed by atoms with Gasteiger partial charge < -0.3 is 9.84 Å².